The Hall–Kier alpha value is -2.15. The van der Waals surface area contributed by atoms with Crippen LogP contribution in [0.25, 0.3) is 0 Å². The van der Waals surface area contributed by atoms with Crippen LogP contribution in [-0.2, 0) is 0 Å². The number of nitrogen functional groups attached to an aromatic ring is 1. The highest BCUT2D eigenvalue weighted by Crippen LogP contribution is 2.27. The van der Waals surface area contributed by atoms with Crippen LogP contribution in [0.3, 0.4) is 0 Å². The fourth-order valence-corrected chi connectivity index (χ4v) is 2.01. The van der Waals surface area contributed by atoms with Crippen LogP contribution in [0.4, 0.5) is 11.4 Å². The zero-order valence-electron chi connectivity index (χ0n) is 12.4. The van der Waals surface area contributed by atoms with Crippen LogP contribution in [0.1, 0.15) is 43.5 Å². The Bertz CT molecular complexity index is 503. The molecule has 0 aliphatic heterocycles. The van der Waals surface area contributed by atoms with Gasteiger partial charge in [-0.05, 0) is 18.4 Å². The van der Waals surface area contributed by atoms with Gasteiger partial charge in [-0.15, -0.1) is 0 Å². The molecule has 4 N–H and O–H groups in total. The van der Waals surface area contributed by atoms with Crippen LogP contribution in [0.15, 0.2) is 18.2 Å². The maximum Gasteiger partial charge on any atom is 0.294 e. The molecule has 1 amide bonds. The summed E-state index contributed by atoms with van der Waals surface area (Å²) in [4.78, 5) is 22.4. The van der Waals surface area contributed by atoms with E-state index in [4.69, 9.17) is 5.84 Å². The molecule has 0 saturated carbocycles. The van der Waals surface area contributed by atoms with Crippen molar-refractivity contribution < 1.29 is 9.72 Å². The number of unbranched alkanes of at least 4 members (excludes halogenated alkanes) is 1. The van der Waals surface area contributed by atoms with E-state index in [2.05, 4.69) is 24.6 Å². The second kappa shape index (κ2) is 8.21. The molecule has 0 aliphatic rings. The zero-order valence-corrected chi connectivity index (χ0v) is 12.4. The monoisotopic (exact) mass is 294 g/mol. The summed E-state index contributed by atoms with van der Waals surface area (Å²) in [6.45, 7) is 4.85. The molecule has 116 valence electrons. The second-order valence-electron chi connectivity index (χ2n) is 5.25. The van der Waals surface area contributed by atoms with Crippen molar-refractivity contribution in [1.29, 1.82) is 0 Å². The largest absolute Gasteiger partial charge is 0.352 e. The highest BCUT2D eigenvalue weighted by molar-refractivity contribution is 6.01. The van der Waals surface area contributed by atoms with E-state index >= 15 is 0 Å². The Morgan fingerprint density at radius 3 is 2.67 bits per heavy atom. The number of benzene rings is 1. The lowest BCUT2D eigenvalue weighted by atomic mass is 10.1. The molecule has 7 heteroatoms. The summed E-state index contributed by atoms with van der Waals surface area (Å²) in [5, 5.41) is 13.7. The first-order valence-electron chi connectivity index (χ1n) is 6.99. The molecule has 0 atom stereocenters. The van der Waals surface area contributed by atoms with Gasteiger partial charge < -0.3 is 10.7 Å². The number of anilines is 1. The van der Waals surface area contributed by atoms with Crippen LogP contribution >= 0.6 is 0 Å². The van der Waals surface area contributed by atoms with Gasteiger partial charge in [-0.1, -0.05) is 32.8 Å². The van der Waals surface area contributed by atoms with Crippen LogP contribution in [-0.4, -0.2) is 17.4 Å². The number of nitrogens with one attached hydrogen (secondary N) is 2. The number of para-hydroxylation sites is 1. The van der Waals surface area contributed by atoms with Gasteiger partial charge in [0.2, 0.25) is 0 Å². The number of carbonyl (C=O) groups excluding carboxylic acids is 1. The van der Waals surface area contributed by atoms with E-state index in [0.29, 0.717) is 12.5 Å². The third-order valence-corrected chi connectivity index (χ3v) is 3.12. The Kier molecular flexibility index (Phi) is 6.61. The minimum Gasteiger partial charge on any atom is -0.352 e. The summed E-state index contributed by atoms with van der Waals surface area (Å²) < 4.78 is 0. The van der Waals surface area contributed by atoms with E-state index in [-0.39, 0.29) is 22.8 Å². The molecule has 0 unspecified atom stereocenters. The van der Waals surface area contributed by atoms with Crippen molar-refractivity contribution in [3.8, 4) is 0 Å². The minimum atomic E-state index is -0.575. The van der Waals surface area contributed by atoms with Gasteiger partial charge in [0.05, 0.1) is 10.5 Å². The molecular weight excluding hydrogens is 272 g/mol. The molecule has 1 rings (SSSR count). The number of hydrogen-bond acceptors (Lipinski definition) is 5. The molecule has 7 nitrogen and oxygen atoms in total. The molecule has 0 fully saturated rings. The number of hydrazine groups is 1. The number of nitro groups is 1. The first-order valence-corrected chi connectivity index (χ1v) is 6.99. The fourth-order valence-electron chi connectivity index (χ4n) is 2.01. The van der Waals surface area contributed by atoms with E-state index in [0.717, 1.165) is 19.3 Å². The predicted octanol–water partition coefficient (Wildman–Crippen LogP) is 2.44. The van der Waals surface area contributed by atoms with Crippen LogP contribution < -0.4 is 16.6 Å². The van der Waals surface area contributed by atoms with Crippen LogP contribution in [0.5, 0.6) is 0 Å². The van der Waals surface area contributed by atoms with Gasteiger partial charge in [0.1, 0.15) is 5.69 Å². The fraction of sp³-hybridized carbons (Fsp3) is 0.500. The van der Waals surface area contributed by atoms with Gasteiger partial charge in [-0.2, -0.15) is 0 Å². The molecule has 1 aromatic carbocycles. The summed E-state index contributed by atoms with van der Waals surface area (Å²) in [5.74, 6) is 5.58. The van der Waals surface area contributed by atoms with E-state index < -0.39 is 4.92 Å². The third kappa shape index (κ3) is 5.03. The highest BCUT2D eigenvalue weighted by atomic mass is 16.6. The molecule has 1 aromatic rings. The SMILES string of the molecule is CC(C)CCCCNC(=O)c1cccc([N+](=O)[O-])c1NN. The first-order chi connectivity index (χ1) is 9.97. The molecular formula is C14H22N4O3. The van der Waals surface area contributed by atoms with Crippen molar-refractivity contribution in [1.82, 2.24) is 5.32 Å². The number of amides is 1. The molecule has 0 spiro atoms. The number of carbonyl (C=O) groups is 1. The van der Waals surface area contributed by atoms with Crippen molar-refractivity contribution in [2.24, 2.45) is 11.8 Å². The Morgan fingerprint density at radius 2 is 2.10 bits per heavy atom. The molecule has 0 bridgehead atoms. The molecule has 0 heterocycles. The molecule has 0 aliphatic carbocycles. The molecule has 21 heavy (non-hydrogen) atoms. The topological polar surface area (TPSA) is 110 Å². The third-order valence-electron chi connectivity index (χ3n) is 3.12. The highest BCUT2D eigenvalue weighted by Gasteiger charge is 2.20. The normalized spacial score (nSPS) is 10.5. The van der Waals surface area contributed by atoms with E-state index in [9.17, 15) is 14.9 Å². The maximum atomic E-state index is 12.1. The Morgan fingerprint density at radius 1 is 1.38 bits per heavy atom. The number of nitro benzene ring substituents is 1. The molecule has 0 saturated heterocycles. The Labute approximate surface area is 124 Å². The van der Waals surface area contributed by atoms with Gasteiger partial charge in [0, 0.05) is 12.6 Å². The molecule has 0 aromatic heterocycles. The van der Waals surface area contributed by atoms with E-state index in [1.165, 1.54) is 18.2 Å². The maximum absolute atomic E-state index is 12.1. The van der Waals surface area contributed by atoms with Crippen molar-refractivity contribution in [2.75, 3.05) is 12.0 Å². The van der Waals surface area contributed by atoms with E-state index in [1.807, 2.05) is 0 Å². The summed E-state index contributed by atoms with van der Waals surface area (Å²) in [6, 6.07) is 4.27. The lowest BCUT2D eigenvalue weighted by Crippen LogP contribution is -2.26. The Balaban J connectivity index is 2.66. The van der Waals surface area contributed by atoms with Gasteiger partial charge >= 0.3 is 0 Å². The minimum absolute atomic E-state index is 0.0298. The lowest BCUT2D eigenvalue weighted by Gasteiger charge is -2.10. The smallest absolute Gasteiger partial charge is 0.294 e. The summed E-state index contributed by atoms with van der Waals surface area (Å²) in [7, 11) is 0. The van der Waals surface area contributed by atoms with Gasteiger partial charge in [-0.3, -0.25) is 20.8 Å². The number of rotatable bonds is 8. The van der Waals surface area contributed by atoms with Crippen LogP contribution in [0.2, 0.25) is 0 Å². The zero-order chi connectivity index (χ0) is 15.8. The quantitative estimate of drug-likeness (QED) is 0.295. The number of nitrogens with zero attached hydrogens (tertiary/aromatic N) is 1. The van der Waals surface area contributed by atoms with E-state index in [1.54, 1.807) is 0 Å². The molecule has 0 radical (unpaired) electrons. The standard InChI is InChI=1S/C14H22N4O3/c1-10(2)6-3-4-9-16-14(19)11-7-5-8-12(18(20)21)13(11)17-15/h5,7-8,10,17H,3-4,6,9,15H2,1-2H3,(H,16,19). The van der Waals surface area contributed by atoms with Crippen molar-refractivity contribution in [3.05, 3.63) is 33.9 Å². The average Bonchev–Trinajstić information content (AvgIpc) is 2.45. The van der Waals surface area contributed by atoms with Gasteiger partial charge in [-0.25, -0.2) is 0 Å². The summed E-state index contributed by atoms with van der Waals surface area (Å²) in [5.41, 5.74) is 2.23. The van der Waals surface area contributed by atoms with Gasteiger partial charge in [0.15, 0.2) is 0 Å². The number of nitrogens with two attached hydrogens (primary N) is 1. The van der Waals surface area contributed by atoms with Gasteiger partial charge in [0.25, 0.3) is 11.6 Å². The predicted molar refractivity (Wildman–Crippen MR) is 81.9 cm³/mol. The summed E-state index contributed by atoms with van der Waals surface area (Å²) >= 11 is 0. The average molecular weight is 294 g/mol. The van der Waals surface area contributed by atoms with Crippen molar-refractivity contribution >= 4 is 17.3 Å². The summed E-state index contributed by atoms with van der Waals surface area (Å²) in [6.07, 6.45) is 3.03. The number of hydrogen-bond donors (Lipinski definition) is 3. The second-order valence-corrected chi connectivity index (χ2v) is 5.25. The first kappa shape index (κ1) is 16.9. The lowest BCUT2D eigenvalue weighted by molar-refractivity contribution is -0.384. The van der Waals surface area contributed by atoms with Crippen molar-refractivity contribution in [3.63, 3.8) is 0 Å². The van der Waals surface area contributed by atoms with Crippen LogP contribution in [0, 0.1) is 16.0 Å². The van der Waals surface area contributed by atoms with Crippen molar-refractivity contribution in [2.45, 2.75) is 33.1 Å².